The molecule has 1 atom stereocenters. The van der Waals surface area contributed by atoms with Crippen molar-refractivity contribution in [3.8, 4) is 5.75 Å². The van der Waals surface area contributed by atoms with E-state index in [0.717, 1.165) is 48.5 Å². The van der Waals surface area contributed by atoms with Gasteiger partial charge < -0.3 is 15.4 Å². The Morgan fingerprint density at radius 3 is 2.42 bits per heavy atom. The highest BCUT2D eigenvalue weighted by Crippen LogP contribution is 2.50. The zero-order chi connectivity index (χ0) is 23.2. The molecule has 1 spiro atoms. The number of carbonyl (C=O) groups is 2. The lowest BCUT2D eigenvalue weighted by Gasteiger charge is -2.42. The van der Waals surface area contributed by atoms with E-state index in [0.29, 0.717) is 11.1 Å². The summed E-state index contributed by atoms with van der Waals surface area (Å²) in [4.78, 5) is 26.1. The van der Waals surface area contributed by atoms with E-state index in [1.165, 1.54) is 0 Å². The Morgan fingerprint density at radius 2 is 1.73 bits per heavy atom. The summed E-state index contributed by atoms with van der Waals surface area (Å²) in [6.45, 7) is 5.53. The van der Waals surface area contributed by atoms with Gasteiger partial charge in [-0.2, -0.15) is 0 Å². The number of quaternary nitrogens is 1. The number of carbonyl (C=O) groups excluding carboxylic acids is 2. The third-order valence-corrected chi connectivity index (χ3v) is 6.67. The van der Waals surface area contributed by atoms with E-state index in [1.807, 2.05) is 51.4 Å². The number of nitrogens with one attached hydrogen (secondary N) is 2. The fraction of sp³-hybridized carbons (Fsp3) is 0.346. The Kier molecular flexibility index (Phi) is 5.18. The van der Waals surface area contributed by atoms with Crippen LogP contribution in [0, 0.1) is 0 Å². The van der Waals surface area contributed by atoms with Gasteiger partial charge in [-0.3, -0.25) is 4.79 Å². The van der Waals surface area contributed by atoms with Crippen LogP contribution in [-0.2, 0) is 0 Å². The maximum atomic E-state index is 13.8. The first-order valence-corrected chi connectivity index (χ1v) is 11.5. The van der Waals surface area contributed by atoms with Crippen LogP contribution in [-0.4, -0.2) is 54.4 Å². The number of rotatable bonds is 3. The van der Waals surface area contributed by atoms with E-state index in [4.69, 9.17) is 9.84 Å². The molecule has 33 heavy (non-hydrogen) atoms. The van der Waals surface area contributed by atoms with E-state index in [1.54, 1.807) is 24.3 Å². The minimum Gasteiger partial charge on any atom is -0.481 e. The van der Waals surface area contributed by atoms with Gasteiger partial charge in [0.15, 0.2) is 5.70 Å². The first kappa shape index (κ1) is 21.6. The van der Waals surface area contributed by atoms with Crippen LogP contribution < -0.4 is 15.4 Å². The van der Waals surface area contributed by atoms with E-state index in [-0.39, 0.29) is 22.4 Å². The summed E-state index contributed by atoms with van der Waals surface area (Å²) in [6, 6.07) is 14.7. The second kappa shape index (κ2) is 7.93. The van der Waals surface area contributed by atoms with Gasteiger partial charge in [-0.05, 0) is 63.3 Å². The Labute approximate surface area is 193 Å². The van der Waals surface area contributed by atoms with Crippen LogP contribution in [0.2, 0.25) is 0 Å². The van der Waals surface area contributed by atoms with Crippen molar-refractivity contribution in [1.82, 2.24) is 10.6 Å². The number of nitrogens with zero attached hydrogens (tertiary/aromatic N) is 2. The van der Waals surface area contributed by atoms with Crippen LogP contribution in [0.15, 0.2) is 59.2 Å². The number of hydrogen-bond donors (Lipinski definition) is 2. The Bertz CT molecular complexity index is 1180. The molecule has 7 heteroatoms. The van der Waals surface area contributed by atoms with Crippen LogP contribution in [0.4, 0.5) is 0 Å². The van der Waals surface area contributed by atoms with Gasteiger partial charge in [-0.1, -0.05) is 17.2 Å². The molecule has 2 N–H and O–H groups in total. The molecule has 7 nitrogen and oxygen atoms in total. The third kappa shape index (κ3) is 3.48. The molecule has 3 heterocycles. The molecule has 1 fully saturated rings. The highest BCUT2D eigenvalue weighted by Gasteiger charge is 2.54. The minimum atomic E-state index is -0.479. The Hall–Kier alpha value is -3.29. The predicted octanol–water partition coefficient (Wildman–Crippen LogP) is 3.34. The molecule has 2 amide bonds. The van der Waals surface area contributed by atoms with Crippen molar-refractivity contribution in [3.63, 3.8) is 0 Å². The van der Waals surface area contributed by atoms with Crippen molar-refractivity contribution in [2.45, 2.75) is 38.3 Å². The summed E-state index contributed by atoms with van der Waals surface area (Å²) in [5.74, 6) is 0.495. The summed E-state index contributed by atoms with van der Waals surface area (Å²) >= 11 is 0. The number of piperidine rings is 1. The quantitative estimate of drug-likeness (QED) is 0.711. The summed E-state index contributed by atoms with van der Waals surface area (Å²) in [5, 5.41) is 11.0. The normalized spacial score (nSPS) is 22.7. The second-order valence-corrected chi connectivity index (χ2v) is 9.32. The fourth-order valence-corrected chi connectivity index (χ4v) is 4.97. The molecule has 3 aliphatic rings. The molecule has 2 aromatic rings. The predicted molar refractivity (Wildman–Crippen MR) is 127 cm³/mol. The van der Waals surface area contributed by atoms with Gasteiger partial charge in [0, 0.05) is 24.4 Å². The van der Waals surface area contributed by atoms with Gasteiger partial charge in [0.05, 0.1) is 22.9 Å². The molecule has 0 aromatic heterocycles. The van der Waals surface area contributed by atoms with Gasteiger partial charge in [0.1, 0.15) is 18.4 Å². The lowest BCUT2D eigenvalue weighted by Crippen LogP contribution is -2.51. The lowest BCUT2D eigenvalue weighted by molar-refractivity contribution is -0.758. The average Bonchev–Trinajstić information content (AvgIpc) is 3.19. The zero-order valence-corrected chi connectivity index (χ0v) is 19.2. The second-order valence-electron chi connectivity index (χ2n) is 9.32. The maximum Gasteiger partial charge on any atom is 0.376 e. The molecule has 3 aliphatic heterocycles. The van der Waals surface area contributed by atoms with E-state index in [9.17, 15) is 9.59 Å². The lowest BCUT2D eigenvalue weighted by atomic mass is 9.80. The molecule has 0 saturated carbocycles. The Balaban J connectivity index is 1.54. The first-order valence-electron chi connectivity index (χ1n) is 11.5. The van der Waals surface area contributed by atoms with E-state index >= 15 is 0 Å². The van der Waals surface area contributed by atoms with Crippen molar-refractivity contribution in [2.24, 2.45) is 5.10 Å². The molecule has 0 aliphatic carbocycles. The molecular weight excluding hydrogens is 416 g/mol. The number of hydrogen-bond acceptors (Lipinski definition) is 5. The molecule has 5 rings (SSSR count). The van der Waals surface area contributed by atoms with Gasteiger partial charge >= 0.3 is 5.91 Å². The topological polar surface area (TPSA) is 79.8 Å². The van der Waals surface area contributed by atoms with E-state index in [2.05, 4.69) is 10.6 Å². The van der Waals surface area contributed by atoms with Crippen molar-refractivity contribution in [2.75, 3.05) is 20.1 Å². The third-order valence-electron chi connectivity index (χ3n) is 6.67. The van der Waals surface area contributed by atoms with Crippen molar-refractivity contribution in [1.29, 1.82) is 0 Å². The first-order chi connectivity index (χ1) is 15.8. The van der Waals surface area contributed by atoms with Crippen LogP contribution in [0.5, 0.6) is 5.75 Å². The smallest absolute Gasteiger partial charge is 0.376 e. The average molecular weight is 446 g/mol. The van der Waals surface area contributed by atoms with Crippen LogP contribution in [0.1, 0.15) is 53.0 Å². The fourth-order valence-electron chi connectivity index (χ4n) is 4.97. The number of fused-ring (bicyclic) bond motifs is 3. The van der Waals surface area contributed by atoms with Gasteiger partial charge in [-0.25, -0.2) is 4.79 Å². The molecule has 0 bridgehead atoms. The number of benzene rings is 2. The number of ether oxygens (including phenoxy) is 1. The number of para-hydroxylation sites is 1. The SMILES string of the molecule is CC(C)NC(=O)c1ccc(C(=O)[N+]2(C)N=CC3=C2c2ccccc2OC32CCNCC2)cc1. The largest absolute Gasteiger partial charge is 0.481 e. The van der Waals surface area contributed by atoms with Crippen LogP contribution in [0.3, 0.4) is 0 Å². The highest BCUT2D eigenvalue weighted by molar-refractivity contribution is 6.02. The van der Waals surface area contributed by atoms with Crippen molar-refractivity contribution >= 4 is 23.7 Å². The molecular formula is C26H29N4O3+. The van der Waals surface area contributed by atoms with Crippen LogP contribution >= 0.6 is 0 Å². The summed E-state index contributed by atoms with van der Waals surface area (Å²) < 4.78 is 6.37. The highest BCUT2D eigenvalue weighted by atomic mass is 16.5. The minimum absolute atomic E-state index is 0.0449. The summed E-state index contributed by atoms with van der Waals surface area (Å²) in [7, 11) is 1.83. The Morgan fingerprint density at radius 1 is 1.06 bits per heavy atom. The standard InChI is InChI=1S/C26H28N4O3/c1-17(2)29-24(31)18-8-10-19(11-9-18)25(32)30(3)23-20-6-4-5-7-22(20)33-26(21(23)16-28-30)12-14-27-15-13-26/h4-11,16-17,27H,12-15H2,1-3H3/p+1. The maximum absolute atomic E-state index is 13.8. The molecule has 1 saturated heterocycles. The van der Waals surface area contributed by atoms with Crippen molar-refractivity contribution in [3.05, 3.63) is 70.8 Å². The van der Waals surface area contributed by atoms with Gasteiger partial charge in [0.2, 0.25) is 0 Å². The van der Waals surface area contributed by atoms with Gasteiger partial charge in [-0.15, -0.1) is 4.59 Å². The van der Waals surface area contributed by atoms with Gasteiger partial charge in [0.25, 0.3) is 5.91 Å². The summed E-state index contributed by atoms with van der Waals surface area (Å²) in [6.07, 6.45) is 3.47. The molecule has 2 aromatic carbocycles. The zero-order valence-electron chi connectivity index (χ0n) is 19.2. The molecule has 1 unspecified atom stereocenters. The molecule has 0 radical (unpaired) electrons. The monoisotopic (exact) mass is 445 g/mol. The molecule has 170 valence electrons. The summed E-state index contributed by atoms with van der Waals surface area (Å²) in [5.41, 5.74) is 3.33. The number of amides is 2. The van der Waals surface area contributed by atoms with Crippen molar-refractivity contribution < 1.29 is 18.9 Å². The van der Waals surface area contributed by atoms with E-state index < -0.39 is 5.60 Å². The van der Waals surface area contributed by atoms with Crippen LogP contribution in [0.25, 0.3) is 5.70 Å².